The molecule has 0 radical (unpaired) electrons. The maximum absolute atomic E-state index is 13.0. The lowest BCUT2D eigenvalue weighted by Crippen LogP contribution is -2.43. The Bertz CT molecular complexity index is 878. The highest BCUT2D eigenvalue weighted by molar-refractivity contribution is 6.00. The molecule has 0 saturated heterocycles. The third kappa shape index (κ3) is 5.08. The first-order chi connectivity index (χ1) is 13.8. The summed E-state index contributed by atoms with van der Waals surface area (Å²) in [5.74, 6) is 1.32. The second-order valence-corrected chi connectivity index (χ2v) is 8.31. The molecule has 2 aromatic carbocycles. The second kappa shape index (κ2) is 8.55. The summed E-state index contributed by atoms with van der Waals surface area (Å²) in [5.41, 5.74) is 0.704. The summed E-state index contributed by atoms with van der Waals surface area (Å²) in [7, 11) is 0. The van der Waals surface area contributed by atoms with E-state index in [1.54, 1.807) is 29.2 Å². The molecule has 0 atom stereocenters. The van der Waals surface area contributed by atoms with E-state index >= 15 is 0 Å². The van der Waals surface area contributed by atoms with Crippen molar-refractivity contribution in [3.8, 4) is 11.5 Å². The predicted octanol–water partition coefficient (Wildman–Crippen LogP) is 4.11. The van der Waals surface area contributed by atoms with Crippen molar-refractivity contribution in [2.45, 2.75) is 27.7 Å². The van der Waals surface area contributed by atoms with Gasteiger partial charge in [0.2, 0.25) is 5.91 Å². The van der Waals surface area contributed by atoms with Crippen LogP contribution in [0.1, 0.15) is 27.7 Å². The number of hydrogen-bond donors (Lipinski definition) is 1. The van der Waals surface area contributed by atoms with Gasteiger partial charge in [-0.25, -0.2) is 0 Å². The van der Waals surface area contributed by atoms with Gasteiger partial charge in [-0.3, -0.25) is 9.59 Å². The van der Waals surface area contributed by atoms with Crippen molar-refractivity contribution >= 4 is 23.2 Å². The smallest absolute Gasteiger partial charge is 0.262 e. The maximum Gasteiger partial charge on any atom is 0.262 e. The van der Waals surface area contributed by atoms with Crippen LogP contribution in [0.4, 0.5) is 11.4 Å². The molecule has 0 fully saturated rings. The minimum absolute atomic E-state index is 0.0398. The third-order valence-electron chi connectivity index (χ3n) is 4.61. The molecule has 0 bridgehead atoms. The zero-order valence-electron chi connectivity index (χ0n) is 17.4. The van der Waals surface area contributed by atoms with Crippen LogP contribution in [-0.4, -0.2) is 31.6 Å². The maximum atomic E-state index is 13.0. The predicted molar refractivity (Wildman–Crippen MR) is 113 cm³/mol. The van der Waals surface area contributed by atoms with Crippen LogP contribution in [0, 0.1) is 11.3 Å². The number of rotatable bonds is 6. The summed E-state index contributed by atoms with van der Waals surface area (Å²) in [6, 6.07) is 14.5. The van der Waals surface area contributed by atoms with Gasteiger partial charge in [0.1, 0.15) is 18.1 Å². The number of fused-ring (bicyclic) bond motifs is 1. The van der Waals surface area contributed by atoms with E-state index in [4.69, 9.17) is 9.47 Å². The molecule has 154 valence electrons. The minimum Gasteiger partial charge on any atom is -0.490 e. The fourth-order valence-corrected chi connectivity index (χ4v) is 3.13. The van der Waals surface area contributed by atoms with E-state index in [2.05, 4.69) is 19.2 Å². The molecule has 2 amide bonds. The molecule has 6 nitrogen and oxygen atoms in total. The van der Waals surface area contributed by atoms with Crippen LogP contribution in [-0.2, 0) is 9.59 Å². The monoisotopic (exact) mass is 396 g/mol. The molecule has 2 aromatic rings. The van der Waals surface area contributed by atoms with Gasteiger partial charge in [-0.2, -0.15) is 0 Å². The van der Waals surface area contributed by atoms with Crippen molar-refractivity contribution in [3.05, 3.63) is 48.5 Å². The van der Waals surface area contributed by atoms with E-state index < -0.39 is 5.41 Å². The molecule has 29 heavy (non-hydrogen) atoms. The van der Waals surface area contributed by atoms with E-state index in [0.717, 1.165) is 5.69 Å². The minimum atomic E-state index is -0.624. The number of hydrogen-bond acceptors (Lipinski definition) is 4. The summed E-state index contributed by atoms with van der Waals surface area (Å²) in [6.45, 7) is 8.72. The molecule has 6 heteroatoms. The van der Waals surface area contributed by atoms with E-state index in [-0.39, 0.29) is 25.0 Å². The number of anilines is 2. The Labute approximate surface area is 171 Å². The van der Waals surface area contributed by atoms with Gasteiger partial charge in [0.15, 0.2) is 6.61 Å². The fraction of sp³-hybridized carbons (Fsp3) is 0.391. The first kappa shape index (κ1) is 20.7. The number of nitrogens with zero attached hydrogens (tertiary/aromatic N) is 1. The van der Waals surface area contributed by atoms with Crippen LogP contribution < -0.4 is 19.7 Å². The van der Waals surface area contributed by atoms with Crippen LogP contribution in [0.2, 0.25) is 0 Å². The van der Waals surface area contributed by atoms with Crippen LogP contribution in [0.15, 0.2) is 48.5 Å². The number of carbonyl (C=O) groups excluding carboxylic acids is 2. The van der Waals surface area contributed by atoms with Crippen LogP contribution in [0.5, 0.6) is 11.5 Å². The molecule has 1 aliphatic rings. The summed E-state index contributed by atoms with van der Waals surface area (Å²) in [6.07, 6.45) is 0. The highest BCUT2D eigenvalue weighted by Crippen LogP contribution is 2.38. The number of ether oxygens (including phenoxy) is 2. The van der Waals surface area contributed by atoms with Crippen LogP contribution >= 0.6 is 0 Å². The van der Waals surface area contributed by atoms with Crippen molar-refractivity contribution in [2.75, 3.05) is 30.0 Å². The van der Waals surface area contributed by atoms with E-state index in [1.807, 2.05) is 38.1 Å². The van der Waals surface area contributed by atoms with Gasteiger partial charge in [0, 0.05) is 18.3 Å². The molecular weight excluding hydrogens is 368 g/mol. The number of amides is 2. The third-order valence-corrected chi connectivity index (χ3v) is 4.61. The van der Waals surface area contributed by atoms with Gasteiger partial charge >= 0.3 is 0 Å². The van der Waals surface area contributed by atoms with Gasteiger partial charge in [-0.15, -0.1) is 0 Å². The quantitative estimate of drug-likeness (QED) is 0.798. The lowest BCUT2D eigenvalue weighted by molar-refractivity contribution is -0.127. The summed E-state index contributed by atoms with van der Waals surface area (Å²) in [5, 5.41) is 2.82. The Morgan fingerprint density at radius 1 is 1.21 bits per heavy atom. The molecule has 1 heterocycles. The summed E-state index contributed by atoms with van der Waals surface area (Å²) >= 11 is 0. The first-order valence-corrected chi connectivity index (χ1v) is 9.83. The highest BCUT2D eigenvalue weighted by Gasteiger charge is 2.38. The summed E-state index contributed by atoms with van der Waals surface area (Å²) in [4.78, 5) is 27.0. The Morgan fingerprint density at radius 3 is 2.62 bits per heavy atom. The highest BCUT2D eigenvalue weighted by atomic mass is 16.5. The molecule has 3 rings (SSSR count). The zero-order chi connectivity index (χ0) is 21.0. The van der Waals surface area contributed by atoms with Gasteiger partial charge < -0.3 is 19.7 Å². The topological polar surface area (TPSA) is 67.9 Å². The average molecular weight is 396 g/mol. The van der Waals surface area contributed by atoms with E-state index in [1.165, 1.54) is 0 Å². The van der Waals surface area contributed by atoms with Crippen LogP contribution in [0.25, 0.3) is 0 Å². The molecule has 0 unspecified atom stereocenters. The normalized spacial score (nSPS) is 15.3. The largest absolute Gasteiger partial charge is 0.490 e. The second-order valence-electron chi connectivity index (χ2n) is 8.31. The molecule has 1 aliphatic heterocycles. The first-order valence-electron chi connectivity index (χ1n) is 9.83. The Kier molecular flexibility index (Phi) is 6.11. The fourth-order valence-electron chi connectivity index (χ4n) is 3.13. The number of carbonyl (C=O) groups is 2. The van der Waals surface area contributed by atoms with Crippen molar-refractivity contribution in [2.24, 2.45) is 11.3 Å². The van der Waals surface area contributed by atoms with E-state index in [0.29, 0.717) is 29.6 Å². The SMILES string of the molecule is CC(C)CN1C(=O)C(C)(C)COc2cc(NC(=O)COc3ccccc3)ccc21. The Morgan fingerprint density at radius 2 is 1.93 bits per heavy atom. The van der Waals surface area contributed by atoms with Crippen molar-refractivity contribution in [1.82, 2.24) is 0 Å². The van der Waals surface area contributed by atoms with Gasteiger partial charge in [-0.05, 0) is 44.0 Å². The molecule has 0 aliphatic carbocycles. The Hall–Kier alpha value is -3.02. The van der Waals surface area contributed by atoms with Crippen LogP contribution in [0.3, 0.4) is 0 Å². The number of benzene rings is 2. The molecule has 1 N–H and O–H groups in total. The molecule has 0 aromatic heterocycles. The standard InChI is InChI=1S/C23H28N2O4/c1-16(2)13-25-19-11-10-17(12-20(19)29-15-23(3,4)22(25)27)24-21(26)14-28-18-8-6-5-7-9-18/h5-12,16H,13-15H2,1-4H3,(H,24,26). The average Bonchev–Trinajstić information content (AvgIpc) is 2.77. The summed E-state index contributed by atoms with van der Waals surface area (Å²) < 4.78 is 11.4. The zero-order valence-corrected chi connectivity index (χ0v) is 17.4. The van der Waals surface area contributed by atoms with E-state index in [9.17, 15) is 9.59 Å². The lowest BCUT2D eigenvalue weighted by Gasteiger charge is -2.29. The number of nitrogens with one attached hydrogen (secondary N) is 1. The number of para-hydroxylation sites is 1. The van der Waals surface area contributed by atoms with Crippen molar-refractivity contribution < 1.29 is 19.1 Å². The van der Waals surface area contributed by atoms with Gasteiger partial charge in [-0.1, -0.05) is 32.0 Å². The van der Waals surface area contributed by atoms with Crippen molar-refractivity contribution in [3.63, 3.8) is 0 Å². The molecule has 0 saturated carbocycles. The Balaban J connectivity index is 1.75. The lowest BCUT2D eigenvalue weighted by atomic mass is 9.92. The van der Waals surface area contributed by atoms with Crippen molar-refractivity contribution in [1.29, 1.82) is 0 Å². The van der Waals surface area contributed by atoms with Gasteiger partial charge in [0.25, 0.3) is 5.91 Å². The molecule has 0 spiro atoms. The van der Waals surface area contributed by atoms with Gasteiger partial charge in [0.05, 0.1) is 11.1 Å². The molecular formula is C23H28N2O4.